The first-order valence-electron chi connectivity index (χ1n) is 8.55. The van der Waals surface area contributed by atoms with E-state index in [1.807, 2.05) is 19.1 Å². The van der Waals surface area contributed by atoms with E-state index in [1.165, 1.54) is 15.6 Å². The first kappa shape index (κ1) is 18.2. The summed E-state index contributed by atoms with van der Waals surface area (Å²) < 4.78 is 25.0. The molecule has 0 bridgehead atoms. The van der Waals surface area contributed by atoms with E-state index in [-0.39, 0.29) is 5.75 Å². The van der Waals surface area contributed by atoms with Gasteiger partial charge >= 0.3 is 0 Å². The van der Waals surface area contributed by atoms with Gasteiger partial charge in [-0.05, 0) is 43.2 Å². The first-order chi connectivity index (χ1) is 11.8. The van der Waals surface area contributed by atoms with Gasteiger partial charge in [0.1, 0.15) is 0 Å². The number of thiophene rings is 1. The molecule has 136 valence electrons. The van der Waals surface area contributed by atoms with E-state index in [1.54, 1.807) is 25.2 Å². The van der Waals surface area contributed by atoms with Gasteiger partial charge in [0.05, 0.1) is 17.0 Å². The molecular weight excluding hydrogens is 354 g/mol. The second kappa shape index (κ2) is 6.96. The Morgan fingerprint density at radius 2 is 2.12 bits per heavy atom. The lowest BCUT2D eigenvalue weighted by atomic mass is 10.2. The number of nitrogens with one attached hydrogen (secondary N) is 1. The molecule has 2 aromatic rings. The average Bonchev–Trinajstić information content (AvgIpc) is 2.97. The minimum atomic E-state index is -3.05. The molecule has 5 nitrogen and oxygen atoms in total. The molecular formula is C18H25N3O2S2. The van der Waals surface area contributed by atoms with Gasteiger partial charge in [0, 0.05) is 24.3 Å². The monoisotopic (exact) mass is 379 g/mol. The Bertz CT molecular complexity index is 885. The molecule has 0 saturated carbocycles. The predicted molar refractivity (Wildman–Crippen MR) is 106 cm³/mol. The lowest BCUT2D eigenvalue weighted by Crippen LogP contribution is -2.57. The number of fused-ring (bicyclic) bond motifs is 1. The maximum atomic E-state index is 12.2. The van der Waals surface area contributed by atoms with E-state index in [9.17, 15) is 8.42 Å². The molecule has 7 heteroatoms. The molecule has 1 aliphatic heterocycles. The molecule has 3 rings (SSSR count). The molecule has 25 heavy (non-hydrogen) atoms. The number of benzene rings is 1. The molecule has 2 heterocycles. The van der Waals surface area contributed by atoms with Crippen LogP contribution in [0.3, 0.4) is 0 Å². The second-order valence-corrected chi connectivity index (χ2v) is 10.6. The Balaban J connectivity index is 1.82. The summed E-state index contributed by atoms with van der Waals surface area (Å²) in [6.45, 7) is 7.92. The van der Waals surface area contributed by atoms with Gasteiger partial charge in [0.15, 0.2) is 15.8 Å². The summed E-state index contributed by atoms with van der Waals surface area (Å²) in [5.41, 5.74) is 1.21. The largest absolute Gasteiger partial charge is 0.357 e. The topological polar surface area (TPSA) is 61.8 Å². The standard InChI is InChI=1S/C18H25N3O2S2/c1-4-19-17(21-9-10-25(22,23)18(2,3)13-21)20-11-14-12-24-16-8-6-5-7-15(14)16/h5-8,12H,4,9-11,13H2,1-3H3,(H,19,20). The van der Waals surface area contributed by atoms with Crippen LogP contribution in [0.4, 0.5) is 0 Å². The molecule has 0 radical (unpaired) electrons. The van der Waals surface area contributed by atoms with E-state index in [0.29, 0.717) is 19.6 Å². The molecule has 1 aliphatic rings. The fourth-order valence-corrected chi connectivity index (χ4v) is 5.39. The Morgan fingerprint density at radius 3 is 2.84 bits per heavy atom. The van der Waals surface area contributed by atoms with E-state index in [2.05, 4.69) is 27.7 Å². The summed E-state index contributed by atoms with van der Waals surface area (Å²) in [5.74, 6) is 0.965. The van der Waals surface area contributed by atoms with Crippen LogP contribution in [-0.2, 0) is 16.4 Å². The van der Waals surface area contributed by atoms with Crippen molar-refractivity contribution in [1.29, 1.82) is 0 Å². The molecule has 0 amide bonds. The summed E-state index contributed by atoms with van der Waals surface area (Å²) in [6.07, 6.45) is 0. The van der Waals surface area contributed by atoms with Crippen molar-refractivity contribution >= 4 is 37.2 Å². The van der Waals surface area contributed by atoms with Gasteiger partial charge in [-0.1, -0.05) is 18.2 Å². The first-order valence-corrected chi connectivity index (χ1v) is 11.1. The Morgan fingerprint density at radius 1 is 1.36 bits per heavy atom. The van der Waals surface area contributed by atoms with Crippen LogP contribution in [0.5, 0.6) is 0 Å². The van der Waals surface area contributed by atoms with E-state index in [0.717, 1.165) is 12.5 Å². The highest BCUT2D eigenvalue weighted by molar-refractivity contribution is 7.92. The van der Waals surface area contributed by atoms with Crippen LogP contribution in [0.25, 0.3) is 10.1 Å². The van der Waals surface area contributed by atoms with E-state index in [4.69, 9.17) is 4.99 Å². The predicted octanol–water partition coefficient (Wildman–Crippen LogP) is 2.88. The number of sulfone groups is 1. The van der Waals surface area contributed by atoms with Crippen molar-refractivity contribution in [1.82, 2.24) is 10.2 Å². The zero-order valence-corrected chi connectivity index (χ0v) is 16.6. The van der Waals surface area contributed by atoms with Crippen LogP contribution in [-0.4, -0.2) is 49.4 Å². The average molecular weight is 380 g/mol. The smallest absolute Gasteiger partial charge is 0.194 e. The third-order valence-electron chi connectivity index (χ3n) is 4.64. The summed E-state index contributed by atoms with van der Waals surface area (Å²) in [4.78, 5) is 6.85. The van der Waals surface area contributed by atoms with E-state index >= 15 is 0 Å². The van der Waals surface area contributed by atoms with E-state index < -0.39 is 14.6 Å². The maximum absolute atomic E-state index is 12.2. The molecule has 0 atom stereocenters. The molecule has 0 aliphatic carbocycles. The van der Waals surface area contributed by atoms with Crippen molar-refractivity contribution < 1.29 is 8.42 Å². The van der Waals surface area contributed by atoms with Crippen LogP contribution < -0.4 is 5.32 Å². The third-order valence-corrected chi connectivity index (χ3v) is 8.18. The number of nitrogens with zero attached hydrogens (tertiary/aromatic N) is 2. The van der Waals surface area contributed by atoms with Crippen molar-refractivity contribution in [3.05, 3.63) is 35.2 Å². The Labute approximate surface area is 153 Å². The molecule has 1 fully saturated rings. The van der Waals surface area contributed by atoms with Crippen molar-refractivity contribution in [2.75, 3.05) is 25.4 Å². The Hall–Kier alpha value is -1.60. The number of guanidine groups is 1. The van der Waals surface area contributed by atoms with Gasteiger partial charge in [-0.15, -0.1) is 11.3 Å². The number of aliphatic imine (C=N–C) groups is 1. The summed E-state index contributed by atoms with van der Waals surface area (Å²) in [7, 11) is -3.05. The summed E-state index contributed by atoms with van der Waals surface area (Å²) in [5, 5.41) is 6.71. The molecule has 0 spiro atoms. The molecule has 1 saturated heterocycles. The van der Waals surface area contributed by atoms with Gasteiger partial charge in [0.25, 0.3) is 0 Å². The lowest BCUT2D eigenvalue weighted by molar-refractivity contribution is 0.353. The second-order valence-electron chi connectivity index (χ2n) is 6.93. The normalized spacial score (nSPS) is 20.0. The maximum Gasteiger partial charge on any atom is 0.194 e. The number of rotatable bonds is 3. The van der Waals surface area contributed by atoms with Gasteiger partial charge < -0.3 is 10.2 Å². The fourth-order valence-electron chi connectivity index (χ4n) is 3.07. The molecule has 1 aromatic carbocycles. The highest BCUT2D eigenvalue weighted by Crippen LogP contribution is 2.27. The molecule has 1 aromatic heterocycles. The van der Waals surface area contributed by atoms with Crippen molar-refractivity contribution in [2.24, 2.45) is 4.99 Å². The minimum Gasteiger partial charge on any atom is -0.357 e. The van der Waals surface area contributed by atoms with Crippen LogP contribution in [0.2, 0.25) is 0 Å². The fraction of sp³-hybridized carbons (Fsp3) is 0.500. The zero-order chi connectivity index (χ0) is 18.1. The van der Waals surface area contributed by atoms with Crippen molar-refractivity contribution in [3.63, 3.8) is 0 Å². The summed E-state index contributed by atoms with van der Waals surface area (Å²) in [6, 6.07) is 8.34. The zero-order valence-electron chi connectivity index (χ0n) is 14.9. The number of hydrogen-bond donors (Lipinski definition) is 1. The van der Waals surface area contributed by atoms with Gasteiger partial charge in [-0.2, -0.15) is 0 Å². The minimum absolute atomic E-state index is 0.172. The van der Waals surface area contributed by atoms with Crippen molar-refractivity contribution in [3.8, 4) is 0 Å². The van der Waals surface area contributed by atoms with Gasteiger partial charge in [-0.3, -0.25) is 0 Å². The quantitative estimate of drug-likeness (QED) is 0.658. The summed E-state index contributed by atoms with van der Waals surface area (Å²) >= 11 is 1.73. The lowest BCUT2D eigenvalue weighted by Gasteiger charge is -2.39. The van der Waals surface area contributed by atoms with Crippen LogP contribution in [0, 0.1) is 0 Å². The molecule has 1 N–H and O–H groups in total. The van der Waals surface area contributed by atoms with Crippen LogP contribution in [0.15, 0.2) is 34.6 Å². The highest BCUT2D eigenvalue weighted by Gasteiger charge is 2.40. The highest BCUT2D eigenvalue weighted by atomic mass is 32.2. The third kappa shape index (κ3) is 3.67. The molecule has 0 unspecified atom stereocenters. The van der Waals surface area contributed by atoms with Crippen molar-refractivity contribution in [2.45, 2.75) is 32.1 Å². The van der Waals surface area contributed by atoms with Gasteiger partial charge in [0.2, 0.25) is 0 Å². The number of hydrogen-bond acceptors (Lipinski definition) is 4. The van der Waals surface area contributed by atoms with Crippen LogP contribution >= 0.6 is 11.3 Å². The van der Waals surface area contributed by atoms with Gasteiger partial charge in [-0.25, -0.2) is 13.4 Å². The SMILES string of the molecule is CCNC(=NCc1csc2ccccc12)N1CCS(=O)(=O)C(C)(C)C1. The van der Waals surface area contributed by atoms with Crippen LogP contribution in [0.1, 0.15) is 26.3 Å². The Kier molecular flexibility index (Phi) is 5.06.